The third-order valence-corrected chi connectivity index (χ3v) is 5.04. The first kappa shape index (κ1) is 19.8. The topological polar surface area (TPSA) is 46.6 Å². The van der Waals surface area contributed by atoms with Gasteiger partial charge in [-0.05, 0) is 60.4 Å². The van der Waals surface area contributed by atoms with Crippen molar-refractivity contribution in [2.24, 2.45) is 5.92 Å². The van der Waals surface area contributed by atoms with Gasteiger partial charge in [0.15, 0.2) is 5.78 Å². The zero-order chi connectivity index (χ0) is 20.3. The highest BCUT2D eigenvalue weighted by molar-refractivity contribution is 6.10. The molecule has 0 heterocycles. The molecule has 0 fully saturated rings. The molecule has 2 aromatic rings. The van der Waals surface area contributed by atoms with Crippen LogP contribution in [0.4, 0.5) is 10.1 Å². The van der Waals surface area contributed by atoms with E-state index in [1.54, 1.807) is 25.1 Å². The van der Waals surface area contributed by atoms with Crippen molar-refractivity contribution in [3.8, 4) is 0 Å². The van der Waals surface area contributed by atoms with Gasteiger partial charge in [-0.1, -0.05) is 24.3 Å². The van der Waals surface area contributed by atoms with Crippen molar-refractivity contribution in [1.29, 1.82) is 0 Å². The molecule has 0 radical (unpaired) electrons. The lowest BCUT2D eigenvalue weighted by Gasteiger charge is -2.29. The number of anilines is 1. The number of rotatable bonds is 5. The summed E-state index contributed by atoms with van der Waals surface area (Å²) in [4.78, 5) is 27.4. The van der Waals surface area contributed by atoms with Crippen LogP contribution in [0.2, 0.25) is 0 Å². The summed E-state index contributed by atoms with van der Waals surface area (Å²) in [6.45, 7) is 1.92. The summed E-state index contributed by atoms with van der Waals surface area (Å²) < 4.78 is 18.5. The van der Waals surface area contributed by atoms with Crippen LogP contribution < -0.4 is 4.90 Å². The van der Waals surface area contributed by atoms with Gasteiger partial charge in [0, 0.05) is 25.7 Å². The molecular weight excluding hydrogens is 357 g/mol. The Balaban J connectivity index is 2.02. The number of nitrogens with zero attached hydrogens (tertiary/aromatic N) is 1. The van der Waals surface area contributed by atoms with Crippen LogP contribution in [0.3, 0.4) is 0 Å². The van der Waals surface area contributed by atoms with Gasteiger partial charge < -0.3 is 9.64 Å². The number of hydrogen-bond acceptors (Lipinski definition) is 4. The third kappa shape index (κ3) is 4.14. The minimum absolute atomic E-state index is 0.209. The Morgan fingerprint density at radius 2 is 1.89 bits per heavy atom. The Kier molecular flexibility index (Phi) is 5.93. The van der Waals surface area contributed by atoms with Gasteiger partial charge in [0.1, 0.15) is 11.7 Å². The molecule has 1 aliphatic carbocycles. The predicted molar refractivity (Wildman–Crippen MR) is 108 cm³/mol. The number of halogens is 1. The van der Waals surface area contributed by atoms with E-state index in [4.69, 9.17) is 4.74 Å². The molecule has 1 aliphatic rings. The van der Waals surface area contributed by atoms with Crippen LogP contribution in [0.1, 0.15) is 30.4 Å². The van der Waals surface area contributed by atoms with E-state index in [1.165, 1.54) is 12.1 Å². The molecule has 0 saturated heterocycles. The molecule has 4 nitrogen and oxygen atoms in total. The highest BCUT2D eigenvalue weighted by Crippen LogP contribution is 2.40. The molecule has 0 saturated carbocycles. The Morgan fingerprint density at radius 1 is 1.18 bits per heavy atom. The molecule has 2 aromatic carbocycles. The lowest BCUT2D eigenvalue weighted by Crippen LogP contribution is -2.34. The molecule has 0 aliphatic heterocycles. The molecule has 0 N–H and O–H groups in total. The van der Waals surface area contributed by atoms with Gasteiger partial charge in [-0.3, -0.25) is 9.59 Å². The predicted octanol–water partition coefficient (Wildman–Crippen LogP) is 4.21. The monoisotopic (exact) mass is 381 g/mol. The van der Waals surface area contributed by atoms with E-state index in [0.29, 0.717) is 6.42 Å². The van der Waals surface area contributed by atoms with Crippen molar-refractivity contribution in [3.63, 3.8) is 0 Å². The van der Waals surface area contributed by atoms with Crippen molar-refractivity contribution < 1.29 is 18.7 Å². The average Bonchev–Trinajstić information content (AvgIpc) is 2.68. The van der Waals surface area contributed by atoms with Crippen molar-refractivity contribution in [1.82, 2.24) is 0 Å². The molecule has 0 spiro atoms. The van der Waals surface area contributed by atoms with Gasteiger partial charge in [0.25, 0.3) is 0 Å². The molecule has 0 amide bonds. The summed E-state index contributed by atoms with van der Waals surface area (Å²) in [7, 11) is 3.91. The maximum Gasteiger partial charge on any atom is 0.317 e. The fraction of sp³-hybridized carbons (Fsp3) is 0.304. The second-order valence-electron chi connectivity index (χ2n) is 7.11. The molecule has 2 atom stereocenters. The first-order chi connectivity index (χ1) is 13.4. The first-order valence-electron chi connectivity index (χ1n) is 9.35. The molecular formula is C23H24FNO3. The summed E-state index contributed by atoms with van der Waals surface area (Å²) in [5, 5.41) is 0. The van der Waals surface area contributed by atoms with E-state index in [-0.39, 0.29) is 18.2 Å². The summed E-state index contributed by atoms with van der Waals surface area (Å²) in [6.07, 6.45) is 2.05. The summed E-state index contributed by atoms with van der Waals surface area (Å²) in [6, 6.07) is 13.9. The number of esters is 1. The van der Waals surface area contributed by atoms with Crippen molar-refractivity contribution in [2.75, 3.05) is 25.6 Å². The molecule has 0 unspecified atom stereocenters. The van der Waals surface area contributed by atoms with Crippen LogP contribution in [-0.2, 0) is 14.3 Å². The Bertz CT molecular complexity index is 902. The van der Waals surface area contributed by atoms with E-state index in [1.807, 2.05) is 43.3 Å². The zero-order valence-corrected chi connectivity index (χ0v) is 16.3. The van der Waals surface area contributed by atoms with Gasteiger partial charge in [0.2, 0.25) is 0 Å². The Morgan fingerprint density at radius 3 is 2.54 bits per heavy atom. The number of benzene rings is 2. The number of carbonyl (C=O) groups is 2. The maximum absolute atomic E-state index is 13.4. The number of hydrogen-bond donors (Lipinski definition) is 0. The number of ketones is 1. The van der Waals surface area contributed by atoms with Crippen LogP contribution in [0.5, 0.6) is 0 Å². The standard InChI is InChI=1S/C23H24FNO3/c1-4-28-23(27)22-20(15-8-10-18(24)11-9-15)13-17(14-21(22)26)16-6-5-7-19(12-16)25(2)3/h5-12,14,20,22H,4,13H2,1-3H3/t20-,22+/m1/s1. The normalized spacial score (nSPS) is 19.1. The molecule has 3 rings (SSSR count). The van der Waals surface area contributed by atoms with Crippen molar-refractivity contribution in [2.45, 2.75) is 19.3 Å². The quantitative estimate of drug-likeness (QED) is 0.575. The van der Waals surface area contributed by atoms with Gasteiger partial charge >= 0.3 is 5.97 Å². The van der Waals surface area contributed by atoms with Gasteiger partial charge in [0.05, 0.1) is 6.61 Å². The van der Waals surface area contributed by atoms with E-state index in [9.17, 15) is 14.0 Å². The number of ether oxygens (including phenoxy) is 1. The molecule has 0 bridgehead atoms. The number of carbonyl (C=O) groups excluding carboxylic acids is 2. The van der Waals surface area contributed by atoms with Crippen LogP contribution in [0.25, 0.3) is 5.57 Å². The van der Waals surface area contributed by atoms with Crippen molar-refractivity contribution >= 4 is 23.0 Å². The Labute approximate surface area is 164 Å². The van der Waals surface area contributed by atoms with Crippen LogP contribution in [0, 0.1) is 11.7 Å². The SMILES string of the molecule is CCOC(=O)[C@@H]1C(=O)C=C(c2cccc(N(C)C)c2)C[C@@H]1c1ccc(F)cc1. The second kappa shape index (κ2) is 8.38. The summed E-state index contributed by atoms with van der Waals surface area (Å²) in [5.74, 6) is -2.46. The largest absolute Gasteiger partial charge is 0.465 e. The average molecular weight is 381 g/mol. The molecule has 146 valence electrons. The first-order valence-corrected chi connectivity index (χ1v) is 9.35. The van der Waals surface area contributed by atoms with Gasteiger partial charge in [-0.2, -0.15) is 0 Å². The Hall–Kier alpha value is -2.95. The van der Waals surface area contributed by atoms with Gasteiger partial charge in [-0.15, -0.1) is 0 Å². The van der Waals surface area contributed by atoms with E-state index in [0.717, 1.165) is 22.4 Å². The highest BCUT2D eigenvalue weighted by atomic mass is 19.1. The highest BCUT2D eigenvalue weighted by Gasteiger charge is 2.39. The van der Waals surface area contributed by atoms with E-state index in [2.05, 4.69) is 0 Å². The molecule has 5 heteroatoms. The van der Waals surface area contributed by atoms with Crippen LogP contribution >= 0.6 is 0 Å². The summed E-state index contributed by atoms with van der Waals surface area (Å²) >= 11 is 0. The van der Waals surface area contributed by atoms with Crippen LogP contribution in [0.15, 0.2) is 54.6 Å². The smallest absolute Gasteiger partial charge is 0.317 e. The lowest BCUT2D eigenvalue weighted by atomic mass is 9.73. The van der Waals surface area contributed by atoms with E-state index < -0.39 is 17.8 Å². The van der Waals surface area contributed by atoms with Crippen LogP contribution in [-0.4, -0.2) is 32.5 Å². The fourth-order valence-electron chi connectivity index (χ4n) is 3.59. The lowest BCUT2D eigenvalue weighted by molar-refractivity contribution is -0.151. The fourth-order valence-corrected chi connectivity index (χ4v) is 3.59. The molecule has 28 heavy (non-hydrogen) atoms. The summed E-state index contributed by atoms with van der Waals surface area (Å²) in [5.41, 5.74) is 3.58. The minimum atomic E-state index is -0.911. The molecule has 0 aromatic heterocycles. The van der Waals surface area contributed by atoms with Gasteiger partial charge in [-0.25, -0.2) is 4.39 Å². The van der Waals surface area contributed by atoms with E-state index >= 15 is 0 Å². The minimum Gasteiger partial charge on any atom is -0.465 e. The third-order valence-electron chi connectivity index (χ3n) is 5.04. The second-order valence-corrected chi connectivity index (χ2v) is 7.11. The number of allylic oxidation sites excluding steroid dienone is 2. The zero-order valence-electron chi connectivity index (χ0n) is 16.3. The van der Waals surface area contributed by atoms with Crippen molar-refractivity contribution in [3.05, 3.63) is 71.6 Å². The maximum atomic E-state index is 13.4.